The van der Waals surface area contributed by atoms with E-state index in [-0.39, 0.29) is 5.88 Å². The SMILES string of the molecule is O=c1cc(Oc2ncnc3c2cnn3-c2cccc(Cl)c2)c2ccccc2o1. The van der Waals surface area contributed by atoms with E-state index in [2.05, 4.69) is 15.1 Å². The number of hydrogen-bond donors (Lipinski definition) is 0. The summed E-state index contributed by atoms with van der Waals surface area (Å²) in [4.78, 5) is 20.4. The fourth-order valence-electron chi connectivity index (χ4n) is 2.97. The van der Waals surface area contributed by atoms with Crippen molar-refractivity contribution in [1.29, 1.82) is 0 Å². The first kappa shape index (κ1) is 16.5. The van der Waals surface area contributed by atoms with Gasteiger partial charge in [-0.25, -0.2) is 19.4 Å². The molecule has 136 valence electrons. The van der Waals surface area contributed by atoms with E-state index in [4.69, 9.17) is 20.8 Å². The van der Waals surface area contributed by atoms with Crippen molar-refractivity contribution in [3.63, 3.8) is 0 Å². The Morgan fingerprint density at radius 3 is 2.79 bits per heavy atom. The number of aromatic nitrogens is 4. The Hall–Kier alpha value is -3.71. The third-order valence-electron chi connectivity index (χ3n) is 4.20. The van der Waals surface area contributed by atoms with E-state index in [1.165, 1.54) is 12.4 Å². The summed E-state index contributed by atoms with van der Waals surface area (Å²) in [6.45, 7) is 0. The minimum Gasteiger partial charge on any atom is -0.437 e. The number of para-hydroxylation sites is 1. The molecule has 0 aliphatic heterocycles. The van der Waals surface area contributed by atoms with Crippen LogP contribution in [0, 0.1) is 0 Å². The lowest BCUT2D eigenvalue weighted by molar-refractivity contribution is 0.462. The Kier molecular flexibility index (Phi) is 3.80. The molecule has 5 rings (SSSR count). The highest BCUT2D eigenvalue weighted by Crippen LogP contribution is 2.31. The topological polar surface area (TPSA) is 83.0 Å². The first-order chi connectivity index (χ1) is 13.7. The largest absolute Gasteiger partial charge is 0.437 e. The second-order valence-electron chi connectivity index (χ2n) is 5.98. The Morgan fingerprint density at radius 1 is 1.00 bits per heavy atom. The molecule has 0 fully saturated rings. The minimum absolute atomic E-state index is 0.286. The summed E-state index contributed by atoms with van der Waals surface area (Å²) in [7, 11) is 0. The van der Waals surface area contributed by atoms with E-state index < -0.39 is 5.63 Å². The molecule has 0 atom stereocenters. The van der Waals surface area contributed by atoms with Gasteiger partial charge < -0.3 is 9.15 Å². The monoisotopic (exact) mass is 390 g/mol. The highest BCUT2D eigenvalue weighted by atomic mass is 35.5. The Morgan fingerprint density at radius 2 is 1.89 bits per heavy atom. The molecule has 0 spiro atoms. The molecule has 3 aromatic heterocycles. The lowest BCUT2D eigenvalue weighted by Crippen LogP contribution is -2.00. The predicted molar refractivity (Wildman–Crippen MR) is 104 cm³/mol. The van der Waals surface area contributed by atoms with Crippen LogP contribution in [0.1, 0.15) is 0 Å². The van der Waals surface area contributed by atoms with Crippen molar-refractivity contribution >= 4 is 33.6 Å². The fourth-order valence-corrected chi connectivity index (χ4v) is 3.16. The Bertz CT molecular complexity index is 1390. The molecule has 0 N–H and O–H groups in total. The highest BCUT2D eigenvalue weighted by Gasteiger charge is 2.15. The van der Waals surface area contributed by atoms with Crippen LogP contribution in [0.3, 0.4) is 0 Å². The summed E-state index contributed by atoms with van der Waals surface area (Å²) in [6, 6.07) is 15.7. The van der Waals surface area contributed by atoms with E-state index in [1.54, 1.807) is 41.2 Å². The van der Waals surface area contributed by atoms with Gasteiger partial charge in [-0.3, -0.25) is 0 Å². The fraction of sp³-hybridized carbons (Fsp3) is 0. The average Bonchev–Trinajstić information content (AvgIpc) is 3.13. The summed E-state index contributed by atoms with van der Waals surface area (Å²) in [5, 5.41) is 6.24. The van der Waals surface area contributed by atoms with Crippen LogP contribution in [0.4, 0.5) is 0 Å². The molecule has 0 saturated carbocycles. The standard InChI is InChI=1S/C20H11ClN4O3/c21-12-4-3-5-13(8-12)25-19-15(10-24-25)20(23-11-22-19)28-17-9-18(26)27-16-7-2-1-6-14(16)17/h1-11H. The van der Waals surface area contributed by atoms with Crippen molar-refractivity contribution in [2.45, 2.75) is 0 Å². The van der Waals surface area contributed by atoms with Crippen LogP contribution >= 0.6 is 11.6 Å². The first-order valence-corrected chi connectivity index (χ1v) is 8.72. The third-order valence-corrected chi connectivity index (χ3v) is 4.44. The molecule has 0 saturated heterocycles. The number of nitrogens with zero attached hydrogens (tertiary/aromatic N) is 4. The van der Waals surface area contributed by atoms with Gasteiger partial charge in [0.2, 0.25) is 5.88 Å². The number of fused-ring (bicyclic) bond motifs is 2. The van der Waals surface area contributed by atoms with Crippen molar-refractivity contribution in [2.75, 3.05) is 0 Å². The molecule has 0 radical (unpaired) electrons. The van der Waals surface area contributed by atoms with Gasteiger partial charge in [0.1, 0.15) is 23.0 Å². The van der Waals surface area contributed by atoms with E-state index in [0.29, 0.717) is 32.8 Å². The second-order valence-corrected chi connectivity index (χ2v) is 6.42. The number of ether oxygens (including phenoxy) is 1. The van der Waals surface area contributed by atoms with Gasteiger partial charge in [-0.15, -0.1) is 0 Å². The average molecular weight is 391 g/mol. The van der Waals surface area contributed by atoms with E-state index in [9.17, 15) is 4.79 Å². The molecule has 0 bridgehead atoms. The van der Waals surface area contributed by atoms with E-state index in [0.717, 1.165) is 5.69 Å². The summed E-state index contributed by atoms with van der Waals surface area (Å²) < 4.78 is 12.8. The molecular weight excluding hydrogens is 380 g/mol. The number of halogens is 1. The van der Waals surface area contributed by atoms with Crippen molar-refractivity contribution in [3.05, 3.63) is 82.6 Å². The van der Waals surface area contributed by atoms with Gasteiger partial charge in [0.25, 0.3) is 0 Å². The minimum atomic E-state index is -0.506. The maximum absolute atomic E-state index is 11.9. The maximum atomic E-state index is 11.9. The zero-order valence-corrected chi connectivity index (χ0v) is 15.0. The van der Waals surface area contributed by atoms with Gasteiger partial charge >= 0.3 is 5.63 Å². The van der Waals surface area contributed by atoms with E-state index in [1.807, 2.05) is 18.2 Å². The van der Waals surface area contributed by atoms with Gasteiger partial charge in [-0.2, -0.15) is 5.10 Å². The molecule has 0 aliphatic rings. The third kappa shape index (κ3) is 2.78. The van der Waals surface area contributed by atoms with Crippen LogP contribution in [0.15, 0.2) is 76.3 Å². The normalized spacial score (nSPS) is 11.2. The molecule has 8 heteroatoms. The van der Waals surface area contributed by atoms with Crippen LogP contribution in [0.5, 0.6) is 11.6 Å². The maximum Gasteiger partial charge on any atom is 0.339 e. The summed E-state index contributed by atoms with van der Waals surface area (Å²) >= 11 is 6.08. The lowest BCUT2D eigenvalue weighted by atomic mass is 10.2. The Balaban J connectivity index is 1.65. The van der Waals surface area contributed by atoms with E-state index >= 15 is 0 Å². The molecule has 28 heavy (non-hydrogen) atoms. The Labute approximate surface area is 162 Å². The van der Waals surface area contributed by atoms with Gasteiger partial charge in [-0.05, 0) is 30.3 Å². The lowest BCUT2D eigenvalue weighted by Gasteiger charge is -2.08. The molecule has 7 nitrogen and oxygen atoms in total. The molecular formula is C20H11ClN4O3. The summed E-state index contributed by atoms with van der Waals surface area (Å²) in [6.07, 6.45) is 2.99. The number of rotatable bonds is 3. The molecule has 0 unspecified atom stereocenters. The zero-order chi connectivity index (χ0) is 19.1. The van der Waals surface area contributed by atoms with Crippen molar-refractivity contribution in [2.24, 2.45) is 0 Å². The summed E-state index contributed by atoms with van der Waals surface area (Å²) in [5.41, 5.74) is 1.25. The van der Waals surface area contributed by atoms with Gasteiger partial charge in [0, 0.05) is 5.02 Å². The van der Waals surface area contributed by atoms with Gasteiger partial charge in [-0.1, -0.05) is 29.8 Å². The predicted octanol–water partition coefficient (Wildman–Crippen LogP) is 4.37. The quantitative estimate of drug-likeness (QED) is 0.425. The summed E-state index contributed by atoms with van der Waals surface area (Å²) in [5.74, 6) is 0.636. The van der Waals surface area contributed by atoms with Crippen LogP contribution in [0.2, 0.25) is 5.02 Å². The molecule has 2 aromatic carbocycles. The number of benzene rings is 2. The smallest absolute Gasteiger partial charge is 0.339 e. The molecule has 0 aliphatic carbocycles. The first-order valence-electron chi connectivity index (χ1n) is 8.34. The van der Waals surface area contributed by atoms with Crippen molar-refractivity contribution < 1.29 is 9.15 Å². The number of hydrogen-bond acceptors (Lipinski definition) is 6. The zero-order valence-electron chi connectivity index (χ0n) is 14.2. The molecule has 5 aromatic rings. The molecule has 0 amide bonds. The van der Waals surface area contributed by atoms with Crippen molar-refractivity contribution in [1.82, 2.24) is 19.7 Å². The van der Waals surface area contributed by atoms with Crippen molar-refractivity contribution in [3.8, 4) is 17.3 Å². The molecule has 3 heterocycles. The van der Waals surface area contributed by atoms with Crippen LogP contribution in [-0.4, -0.2) is 19.7 Å². The van der Waals surface area contributed by atoms with Crippen LogP contribution in [0.25, 0.3) is 27.7 Å². The van der Waals surface area contributed by atoms with Gasteiger partial charge in [0.15, 0.2) is 5.65 Å². The van der Waals surface area contributed by atoms with Gasteiger partial charge in [0.05, 0.1) is 23.3 Å². The highest BCUT2D eigenvalue weighted by molar-refractivity contribution is 6.30. The second kappa shape index (κ2) is 6.47. The van der Waals surface area contributed by atoms with Crippen LogP contribution < -0.4 is 10.4 Å². The van der Waals surface area contributed by atoms with Crippen LogP contribution in [-0.2, 0) is 0 Å².